The van der Waals surface area contributed by atoms with Crippen LogP contribution in [0.4, 0.5) is 0 Å². The Kier molecular flexibility index (Phi) is 5.54. The zero-order valence-corrected chi connectivity index (χ0v) is 15.9. The van der Waals surface area contributed by atoms with Crippen molar-refractivity contribution in [2.75, 3.05) is 19.6 Å². The first-order chi connectivity index (χ1) is 12.1. The van der Waals surface area contributed by atoms with Crippen molar-refractivity contribution < 1.29 is 0 Å². The fourth-order valence-electron chi connectivity index (χ4n) is 3.56. The largest absolute Gasteiger partial charge is 0.324 e. The van der Waals surface area contributed by atoms with Crippen LogP contribution in [0.2, 0.25) is 0 Å². The van der Waals surface area contributed by atoms with E-state index in [0.717, 1.165) is 43.9 Å². The Morgan fingerprint density at radius 2 is 1.76 bits per heavy atom. The molecule has 3 aromatic rings. The lowest BCUT2D eigenvalue weighted by Gasteiger charge is -2.18. The lowest BCUT2D eigenvalue weighted by molar-refractivity contribution is 0.294. The van der Waals surface area contributed by atoms with Crippen LogP contribution in [0.15, 0.2) is 42.5 Å². The summed E-state index contributed by atoms with van der Waals surface area (Å²) in [6, 6.07) is 15.1. The average Bonchev–Trinajstić information content (AvgIpc) is 2.97. The van der Waals surface area contributed by atoms with Crippen LogP contribution in [-0.4, -0.2) is 34.1 Å². The van der Waals surface area contributed by atoms with E-state index < -0.39 is 0 Å². The molecule has 0 N–H and O–H groups in total. The minimum Gasteiger partial charge on any atom is -0.324 e. The van der Waals surface area contributed by atoms with Crippen molar-refractivity contribution in [1.29, 1.82) is 0 Å². The van der Waals surface area contributed by atoms with Crippen molar-refractivity contribution >= 4 is 11.0 Å². The summed E-state index contributed by atoms with van der Waals surface area (Å²) in [5.41, 5.74) is 6.15. The van der Waals surface area contributed by atoms with Gasteiger partial charge in [0.2, 0.25) is 0 Å². The van der Waals surface area contributed by atoms with E-state index in [1.165, 1.54) is 22.2 Å². The van der Waals surface area contributed by atoms with E-state index in [0.29, 0.717) is 0 Å². The van der Waals surface area contributed by atoms with Gasteiger partial charge in [0.25, 0.3) is 0 Å². The molecule has 0 atom stereocenters. The van der Waals surface area contributed by atoms with Gasteiger partial charge in [-0.2, -0.15) is 0 Å². The maximum Gasteiger partial charge on any atom is 0.141 e. The Morgan fingerprint density at radius 3 is 2.48 bits per heavy atom. The Labute approximate surface area is 151 Å². The van der Waals surface area contributed by atoms with Gasteiger partial charge in [-0.3, -0.25) is 0 Å². The first kappa shape index (κ1) is 17.7. The predicted octanol–water partition coefficient (Wildman–Crippen LogP) is 5.05. The molecule has 1 aromatic heterocycles. The normalized spacial score (nSPS) is 11.6. The highest BCUT2D eigenvalue weighted by molar-refractivity contribution is 5.81. The fraction of sp³-hybridized carbons (Fsp3) is 0.409. The fourth-order valence-corrected chi connectivity index (χ4v) is 3.56. The van der Waals surface area contributed by atoms with Gasteiger partial charge in [0.05, 0.1) is 11.0 Å². The minimum absolute atomic E-state index is 1.000. The number of benzene rings is 2. The summed E-state index contributed by atoms with van der Waals surface area (Å²) < 4.78 is 2.40. The summed E-state index contributed by atoms with van der Waals surface area (Å²) in [6.07, 6.45) is 1.14. The molecule has 0 aliphatic heterocycles. The summed E-state index contributed by atoms with van der Waals surface area (Å²) in [6.45, 7) is 13.2. The van der Waals surface area contributed by atoms with Gasteiger partial charge in [0.1, 0.15) is 5.82 Å². The number of hydrogen-bond donors (Lipinski definition) is 0. The molecular formula is C22H29N3. The Balaban J connectivity index is 1.97. The second-order valence-electron chi connectivity index (χ2n) is 6.77. The van der Waals surface area contributed by atoms with Crippen molar-refractivity contribution in [1.82, 2.24) is 14.5 Å². The maximum absolute atomic E-state index is 4.96. The van der Waals surface area contributed by atoms with Crippen molar-refractivity contribution in [2.45, 2.75) is 40.7 Å². The Hall–Kier alpha value is -2.13. The van der Waals surface area contributed by atoms with E-state index in [1.54, 1.807) is 0 Å². The number of aromatic nitrogens is 2. The highest BCUT2D eigenvalue weighted by Crippen LogP contribution is 2.28. The van der Waals surface area contributed by atoms with Gasteiger partial charge >= 0.3 is 0 Å². The molecule has 0 aliphatic rings. The standard InChI is InChI=1S/C22H29N3/c1-5-24(6-2)14-9-15-25-21-11-8-7-10-20(21)23-22(25)19-13-12-17(3)16-18(19)4/h7-8,10-13,16H,5-6,9,14-15H2,1-4H3. The molecule has 3 rings (SSSR count). The van der Waals surface area contributed by atoms with Gasteiger partial charge < -0.3 is 9.47 Å². The first-order valence-electron chi connectivity index (χ1n) is 9.39. The summed E-state index contributed by atoms with van der Waals surface area (Å²) in [7, 11) is 0. The van der Waals surface area contributed by atoms with Gasteiger partial charge in [0, 0.05) is 12.1 Å². The lowest BCUT2D eigenvalue weighted by atomic mass is 10.1. The number of aryl methyl sites for hydroxylation is 3. The number of hydrogen-bond acceptors (Lipinski definition) is 2. The zero-order chi connectivity index (χ0) is 17.8. The van der Waals surface area contributed by atoms with Crippen LogP contribution in [0.1, 0.15) is 31.4 Å². The van der Waals surface area contributed by atoms with Crippen LogP contribution < -0.4 is 0 Å². The van der Waals surface area contributed by atoms with E-state index in [2.05, 4.69) is 79.6 Å². The van der Waals surface area contributed by atoms with Gasteiger partial charge in [-0.1, -0.05) is 49.7 Å². The van der Waals surface area contributed by atoms with E-state index >= 15 is 0 Å². The molecule has 132 valence electrons. The topological polar surface area (TPSA) is 21.1 Å². The SMILES string of the molecule is CCN(CC)CCCn1c(-c2ccc(C)cc2C)nc2ccccc21. The predicted molar refractivity (Wildman–Crippen MR) is 107 cm³/mol. The second kappa shape index (κ2) is 7.83. The lowest BCUT2D eigenvalue weighted by Crippen LogP contribution is -2.24. The summed E-state index contributed by atoms with van der Waals surface area (Å²) in [4.78, 5) is 7.44. The first-order valence-corrected chi connectivity index (χ1v) is 9.39. The molecule has 25 heavy (non-hydrogen) atoms. The van der Waals surface area contributed by atoms with Crippen molar-refractivity contribution in [3.63, 3.8) is 0 Å². The third-order valence-corrected chi connectivity index (χ3v) is 5.03. The molecular weight excluding hydrogens is 306 g/mol. The molecule has 2 aromatic carbocycles. The Morgan fingerprint density at radius 1 is 1.00 bits per heavy atom. The van der Waals surface area contributed by atoms with E-state index in [9.17, 15) is 0 Å². The summed E-state index contributed by atoms with van der Waals surface area (Å²) in [5.74, 6) is 1.10. The summed E-state index contributed by atoms with van der Waals surface area (Å²) in [5, 5.41) is 0. The molecule has 0 spiro atoms. The van der Waals surface area contributed by atoms with Crippen LogP contribution in [0.3, 0.4) is 0 Å². The molecule has 0 fully saturated rings. The zero-order valence-electron chi connectivity index (χ0n) is 15.9. The monoisotopic (exact) mass is 335 g/mol. The number of imidazole rings is 1. The van der Waals surface area contributed by atoms with Gasteiger partial charge in [0.15, 0.2) is 0 Å². The van der Waals surface area contributed by atoms with Gasteiger partial charge in [-0.25, -0.2) is 4.98 Å². The van der Waals surface area contributed by atoms with Crippen LogP contribution in [-0.2, 0) is 6.54 Å². The number of fused-ring (bicyclic) bond motifs is 1. The third kappa shape index (κ3) is 3.77. The van der Waals surface area contributed by atoms with Crippen LogP contribution in [0.5, 0.6) is 0 Å². The van der Waals surface area contributed by atoms with Gasteiger partial charge in [-0.05, 0) is 57.6 Å². The average molecular weight is 335 g/mol. The highest BCUT2D eigenvalue weighted by Gasteiger charge is 2.14. The molecule has 0 radical (unpaired) electrons. The Bertz CT molecular complexity index is 844. The van der Waals surface area contributed by atoms with Crippen molar-refractivity contribution in [2.24, 2.45) is 0 Å². The second-order valence-corrected chi connectivity index (χ2v) is 6.77. The van der Waals surface area contributed by atoms with E-state index in [1.807, 2.05) is 0 Å². The molecule has 0 saturated carbocycles. The molecule has 0 amide bonds. The van der Waals surface area contributed by atoms with Crippen LogP contribution in [0.25, 0.3) is 22.4 Å². The van der Waals surface area contributed by atoms with Crippen molar-refractivity contribution in [3.8, 4) is 11.4 Å². The minimum atomic E-state index is 1.000. The summed E-state index contributed by atoms with van der Waals surface area (Å²) >= 11 is 0. The van der Waals surface area contributed by atoms with Crippen LogP contribution >= 0.6 is 0 Å². The smallest absolute Gasteiger partial charge is 0.141 e. The highest BCUT2D eigenvalue weighted by atomic mass is 15.1. The quantitative estimate of drug-likeness (QED) is 0.602. The molecule has 3 heteroatoms. The molecule has 0 saturated heterocycles. The number of para-hydroxylation sites is 2. The molecule has 1 heterocycles. The molecule has 3 nitrogen and oxygen atoms in total. The molecule has 0 unspecified atom stereocenters. The molecule has 0 bridgehead atoms. The maximum atomic E-state index is 4.96. The number of nitrogens with zero attached hydrogens (tertiary/aromatic N) is 3. The van der Waals surface area contributed by atoms with Gasteiger partial charge in [-0.15, -0.1) is 0 Å². The van der Waals surface area contributed by atoms with Crippen LogP contribution in [0, 0.1) is 13.8 Å². The van der Waals surface area contributed by atoms with Crippen molar-refractivity contribution in [3.05, 3.63) is 53.6 Å². The van der Waals surface area contributed by atoms with E-state index in [4.69, 9.17) is 4.98 Å². The van der Waals surface area contributed by atoms with E-state index in [-0.39, 0.29) is 0 Å². The third-order valence-electron chi connectivity index (χ3n) is 5.03. The number of rotatable bonds is 7. The molecule has 0 aliphatic carbocycles.